The fraction of sp³-hybridized carbons (Fsp3) is 0.0833. The Morgan fingerprint density at radius 3 is 3.00 bits per heavy atom. The normalized spacial score (nSPS) is 10.4. The molecule has 0 amide bonds. The van der Waals surface area contributed by atoms with Crippen LogP contribution < -0.4 is 5.43 Å². The van der Waals surface area contributed by atoms with Gasteiger partial charge < -0.3 is 0 Å². The second-order valence-electron chi connectivity index (χ2n) is 3.81. The number of aryl methyl sites for hydroxylation is 1. The summed E-state index contributed by atoms with van der Waals surface area (Å²) in [6.07, 6.45) is 1.47. The maximum absolute atomic E-state index is 10.7. The van der Waals surface area contributed by atoms with Gasteiger partial charge in [0.25, 0.3) is 5.69 Å². The van der Waals surface area contributed by atoms with E-state index in [1.807, 2.05) is 12.3 Å². The van der Waals surface area contributed by atoms with Crippen molar-refractivity contribution in [3.05, 3.63) is 50.5 Å². The average Bonchev–Trinajstić information content (AvgIpc) is 2.84. The number of nitrogens with zero attached hydrogens (tertiary/aromatic N) is 4. The molecule has 0 aliphatic rings. The summed E-state index contributed by atoms with van der Waals surface area (Å²) in [6.45, 7) is 1.88. The van der Waals surface area contributed by atoms with E-state index in [4.69, 9.17) is 5.26 Å². The molecule has 0 saturated heterocycles. The van der Waals surface area contributed by atoms with Crippen molar-refractivity contribution in [2.75, 3.05) is 5.43 Å². The summed E-state index contributed by atoms with van der Waals surface area (Å²) in [5, 5.41) is 26.1. The van der Waals surface area contributed by atoms with Crippen LogP contribution in [-0.2, 0) is 0 Å². The largest absolute Gasteiger partial charge is 0.287 e. The molecular weight excluding hydrogens is 278 g/mol. The fourth-order valence-corrected chi connectivity index (χ4v) is 2.09. The van der Waals surface area contributed by atoms with E-state index < -0.39 is 4.92 Å². The smallest absolute Gasteiger partial charge is 0.258 e. The van der Waals surface area contributed by atoms with Crippen LogP contribution in [0.25, 0.3) is 0 Å². The lowest BCUT2D eigenvalue weighted by atomic mass is 10.1. The molecule has 0 bridgehead atoms. The molecule has 100 valence electrons. The zero-order chi connectivity index (χ0) is 14.5. The number of rotatable bonds is 4. The molecule has 0 aliphatic heterocycles. The lowest BCUT2D eigenvalue weighted by molar-refractivity contribution is -0.385. The molecule has 2 rings (SSSR count). The molecule has 20 heavy (non-hydrogen) atoms. The molecule has 1 aromatic heterocycles. The molecular formula is C12H9N5O2S. The summed E-state index contributed by atoms with van der Waals surface area (Å²) in [4.78, 5) is 14.3. The monoisotopic (exact) mass is 287 g/mol. The fourth-order valence-electron chi connectivity index (χ4n) is 1.45. The van der Waals surface area contributed by atoms with Gasteiger partial charge in [0, 0.05) is 11.4 Å². The minimum atomic E-state index is -0.587. The highest BCUT2D eigenvalue weighted by atomic mass is 32.1. The molecule has 1 aromatic carbocycles. The van der Waals surface area contributed by atoms with Crippen molar-refractivity contribution in [1.29, 1.82) is 5.26 Å². The summed E-state index contributed by atoms with van der Waals surface area (Å²) < 4.78 is 0. The number of benzene rings is 1. The Hall–Kier alpha value is -2.79. The molecule has 2 aromatic rings. The Morgan fingerprint density at radius 1 is 1.60 bits per heavy atom. The third-order valence-electron chi connectivity index (χ3n) is 2.33. The van der Waals surface area contributed by atoms with Crippen LogP contribution in [-0.4, -0.2) is 16.1 Å². The average molecular weight is 287 g/mol. The number of hydrogen-bond donors (Lipinski definition) is 1. The van der Waals surface area contributed by atoms with E-state index in [1.54, 1.807) is 6.07 Å². The third kappa shape index (κ3) is 3.15. The van der Waals surface area contributed by atoms with E-state index in [-0.39, 0.29) is 11.3 Å². The molecule has 0 fully saturated rings. The van der Waals surface area contributed by atoms with E-state index in [0.717, 1.165) is 5.69 Å². The predicted octanol–water partition coefficient (Wildman–Crippen LogP) is 2.68. The van der Waals surface area contributed by atoms with Gasteiger partial charge in [-0.05, 0) is 24.6 Å². The van der Waals surface area contributed by atoms with Crippen LogP contribution in [0.2, 0.25) is 0 Å². The topological polar surface area (TPSA) is 104 Å². The van der Waals surface area contributed by atoms with Crippen LogP contribution >= 0.6 is 11.3 Å². The minimum absolute atomic E-state index is 0.00374. The van der Waals surface area contributed by atoms with E-state index in [2.05, 4.69) is 15.5 Å². The lowest BCUT2D eigenvalue weighted by Gasteiger charge is -1.97. The van der Waals surface area contributed by atoms with Crippen molar-refractivity contribution in [3.63, 3.8) is 0 Å². The number of nitriles is 1. The Labute approximate surface area is 118 Å². The van der Waals surface area contributed by atoms with E-state index in [0.29, 0.717) is 10.7 Å². The summed E-state index contributed by atoms with van der Waals surface area (Å²) >= 11 is 1.42. The highest BCUT2D eigenvalue weighted by molar-refractivity contribution is 7.13. The highest BCUT2D eigenvalue weighted by Gasteiger charge is 2.12. The Bertz CT molecular complexity index is 717. The second kappa shape index (κ2) is 5.90. The molecule has 0 spiro atoms. The van der Waals surface area contributed by atoms with Gasteiger partial charge in [-0.15, -0.1) is 11.3 Å². The lowest BCUT2D eigenvalue weighted by Crippen LogP contribution is -1.95. The SMILES string of the molecule is Cc1csc(NN=Cc2ccc([N+](=O)[O-])c(C#N)c2)n1. The Kier molecular flexibility index (Phi) is 4.02. The van der Waals surface area contributed by atoms with Crippen LogP contribution in [0, 0.1) is 28.4 Å². The first-order valence-corrected chi connectivity index (χ1v) is 6.38. The van der Waals surface area contributed by atoms with Crippen LogP contribution in [0.5, 0.6) is 0 Å². The predicted molar refractivity (Wildman–Crippen MR) is 75.9 cm³/mol. The van der Waals surface area contributed by atoms with Gasteiger partial charge in [-0.25, -0.2) is 4.98 Å². The molecule has 0 saturated carbocycles. The number of nitro benzene ring substituents is 1. The van der Waals surface area contributed by atoms with Gasteiger partial charge in [-0.2, -0.15) is 10.4 Å². The van der Waals surface area contributed by atoms with Gasteiger partial charge in [0.05, 0.1) is 16.8 Å². The molecule has 1 N–H and O–H groups in total. The molecule has 0 unspecified atom stereocenters. The van der Waals surface area contributed by atoms with Gasteiger partial charge in [0.1, 0.15) is 11.6 Å². The standard InChI is InChI=1S/C12H9N5O2S/c1-8-7-20-12(15-8)16-14-6-9-2-3-11(17(18)19)10(4-9)5-13/h2-4,6-7H,1H3,(H,15,16). The Balaban J connectivity index is 2.14. The number of nitrogens with one attached hydrogen (secondary N) is 1. The number of aromatic nitrogens is 1. The van der Waals surface area contributed by atoms with E-state index in [9.17, 15) is 10.1 Å². The maximum Gasteiger partial charge on any atom is 0.287 e. The van der Waals surface area contributed by atoms with Crippen molar-refractivity contribution >= 4 is 28.4 Å². The summed E-state index contributed by atoms with van der Waals surface area (Å²) in [6, 6.07) is 6.02. The maximum atomic E-state index is 10.7. The molecule has 1 heterocycles. The minimum Gasteiger partial charge on any atom is -0.258 e. The number of hydrazone groups is 1. The highest BCUT2D eigenvalue weighted by Crippen LogP contribution is 2.18. The zero-order valence-electron chi connectivity index (χ0n) is 10.4. The molecule has 0 aliphatic carbocycles. The van der Waals surface area contributed by atoms with Gasteiger partial charge in [0.15, 0.2) is 0 Å². The van der Waals surface area contributed by atoms with Crippen molar-refractivity contribution in [2.24, 2.45) is 5.10 Å². The first-order valence-electron chi connectivity index (χ1n) is 5.50. The van der Waals surface area contributed by atoms with Crippen molar-refractivity contribution < 1.29 is 4.92 Å². The third-order valence-corrected chi connectivity index (χ3v) is 3.20. The van der Waals surface area contributed by atoms with Crippen LogP contribution in [0.1, 0.15) is 16.8 Å². The van der Waals surface area contributed by atoms with Crippen LogP contribution in [0.15, 0.2) is 28.7 Å². The van der Waals surface area contributed by atoms with E-state index in [1.165, 1.54) is 35.8 Å². The van der Waals surface area contributed by atoms with Crippen LogP contribution in [0.3, 0.4) is 0 Å². The molecule has 0 radical (unpaired) electrons. The first kappa shape index (κ1) is 13.6. The summed E-state index contributed by atoms with van der Waals surface area (Å²) in [5.41, 5.74) is 4.03. The number of nitro groups is 1. The van der Waals surface area contributed by atoms with Gasteiger partial charge in [-0.3, -0.25) is 15.5 Å². The molecule has 0 atom stereocenters. The van der Waals surface area contributed by atoms with Crippen molar-refractivity contribution in [3.8, 4) is 6.07 Å². The Morgan fingerprint density at radius 2 is 2.40 bits per heavy atom. The van der Waals surface area contributed by atoms with Gasteiger partial charge in [-0.1, -0.05) is 0 Å². The van der Waals surface area contributed by atoms with Crippen molar-refractivity contribution in [2.45, 2.75) is 6.92 Å². The van der Waals surface area contributed by atoms with Gasteiger partial charge >= 0.3 is 0 Å². The zero-order valence-corrected chi connectivity index (χ0v) is 11.2. The molecule has 8 heteroatoms. The first-order chi connectivity index (χ1) is 9.60. The second-order valence-corrected chi connectivity index (χ2v) is 4.67. The quantitative estimate of drug-likeness (QED) is 0.529. The van der Waals surface area contributed by atoms with E-state index >= 15 is 0 Å². The van der Waals surface area contributed by atoms with Crippen molar-refractivity contribution in [1.82, 2.24) is 4.98 Å². The number of thiazole rings is 1. The number of anilines is 1. The number of hydrogen-bond acceptors (Lipinski definition) is 7. The summed E-state index contributed by atoms with van der Waals surface area (Å²) in [7, 11) is 0. The molecule has 7 nitrogen and oxygen atoms in total. The summed E-state index contributed by atoms with van der Waals surface area (Å²) in [5.74, 6) is 0. The van der Waals surface area contributed by atoms with Gasteiger partial charge in [0.2, 0.25) is 5.13 Å². The van der Waals surface area contributed by atoms with Crippen LogP contribution in [0.4, 0.5) is 10.8 Å².